The second-order valence-electron chi connectivity index (χ2n) is 5.37. The summed E-state index contributed by atoms with van der Waals surface area (Å²) in [7, 11) is 0. The molecule has 1 aliphatic heterocycles. The van der Waals surface area contributed by atoms with Crippen molar-refractivity contribution in [2.24, 2.45) is 5.73 Å². The van der Waals surface area contributed by atoms with E-state index in [1.165, 1.54) is 17.7 Å². The molecule has 0 bridgehead atoms. The first kappa shape index (κ1) is 15.5. The van der Waals surface area contributed by atoms with Gasteiger partial charge in [0.25, 0.3) is 0 Å². The van der Waals surface area contributed by atoms with Crippen LogP contribution in [0.3, 0.4) is 0 Å². The van der Waals surface area contributed by atoms with Crippen molar-refractivity contribution in [3.05, 3.63) is 17.0 Å². The maximum atomic E-state index is 5.85. The molecule has 1 aromatic heterocycles. The highest BCUT2D eigenvalue weighted by Crippen LogP contribution is 2.25. The molecule has 0 unspecified atom stereocenters. The Morgan fingerprint density at radius 2 is 1.85 bits per heavy atom. The fraction of sp³-hybridized carbons (Fsp3) is 0.714. The lowest BCUT2D eigenvalue weighted by Crippen LogP contribution is -2.47. The van der Waals surface area contributed by atoms with Crippen LogP contribution in [0.2, 0.25) is 0 Å². The maximum absolute atomic E-state index is 5.85. The number of hydrogen-bond donors (Lipinski definition) is 1. The molecule has 2 aliphatic rings. The van der Waals surface area contributed by atoms with Crippen LogP contribution in [0.4, 0.5) is 5.95 Å². The average molecular weight is 298 g/mol. The normalized spacial score (nSPS) is 18.8. The molecule has 0 aromatic carbocycles. The predicted octanol–water partition coefficient (Wildman–Crippen LogP) is 0.988. The Balaban J connectivity index is 0.00000147. The summed E-state index contributed by atoms with van der Waals surface area (Å²) < 4.78 is 0. The van der Waals surface area contributed by atoms with Gasteiger partial charge in [0.1, 0.15) is 0 Å². The van der Waals surface area contributed by atoms with Gasteiger partial charge in [0.05, 0.1) is 5.69 Å². The standard InChI is InChI=1S/C14H23N5.ClH/c1-2-18-6-8-19(9-7-18)14-16-12-5-3-4-11(12)13(10-15)17-14;/h2-10,15H2,1H3;1H. The van der Waals surface area contributed by atoms with Crippen molar-refractivity contribution in [3.63, 3.8) is 0 Å². The smallest absolute Gasteiger partial charge is 0.225 e. The molecule has 0 spiro atoms. The largest absolute Gasteiger partial charge is 0.338 e. The van der Waals surface area contributed by atoms with Crippen LogP contribution in [-0.2, 0) is 19.4 Å². The molecule has 3 rings (SSSR count). The highest BCUT2D eigenvalue weighted by atomic mass is 35.5. The van der Waals surface area contributed by atoms with Crippen molar-refractivity contribution in [3.8, 4) is 0 Å². The lowest BCUT2D eigenvalue weighted by atomic mass is 10.2. The van der Waals surface area contributed by atoms with Crippen LogP contribution in [-0.4, -0.2) is 47.6 Å². The summed E-state index contributed by atoms with van der Waals surface area (Å²) in [6.45, 7) is 8.14. The van der Waals surface area contributed by atoms with E-state index in [-0.39, 0.29) is 12.4 Å². The van der Waals surface area contributed by atoms with E-state index < -0.39 is 0 Å². The molecule has 2 N–H and O–H groups in total. The second-order valence-corrected chi connectivity index (χ2v) is 5.37. The van der Waals surface area contributed by atoms with Crippen molar-refractivity contribution < 1.29 is 0 Å². The molecule has 0 radical (unpaired) electrons. The van der Waals surface area contributed by atoms with E-state index in [9.17, 15) is 0 Å². The molecule has 1 fully saturated rings. The number of piperazine rings is 1. The highest BCUT2D eigenvalue weighted by Gasteiger charge is 2.23. The molecule has 1 aliphatic carbocycles. The first-order chi connectivity index (χ1) is 9.31. The van der Waals surface area contributed by atoms with Gasteiger partial charge in [-0.05, 0) is 31.4 Å². The van der Waals surface area contributed by atoms with Crippen LogP contribution < -0.4 is 10.6 Å². The van der Waals surface area contributed by atoms with Gasteiger partial charge in [-0.15, -0.1) is 12.4 Å². The quantitative estimate of drug-likeness (QED) is 0.901. The van der Waals surface area contributed by atoms with Crippen molar-refractivity contribution in [2.45, 2.75) is 32.7 Å². The third-order valence-corrected chi connectivity index (χ3v) is 4.30. The number of aromatic nitrogens is 2. The van der Waals surface area contributed by atoms with Gasteiger partial charge < -0.3 is 15.5 Å². The zero-order chi connectivity index (χ0) is 13.2. The monoisotopic (exact) mass is 297 g/mol. The summed E-state index contributed by atoms with van der Waals surface area (Å²) in [5.74, 6) is 0.900. The average Bonchev–Trinajstić information content (AvgIpc) is 2.94. The number of hydrogen-bond acceptors (Lipinski definition) is 5. The van der Waals surface area contributed by atoms with Gasteiger partial charge >= 0.3 is 0 Å². The van der Waals surface area contributed by atoms with Crippen LogP contribution in [0.15, 0.2) is 0 Å². The first-order valence-corrected chi connectivity index (χ1v) is 7.38. The zero-order valence-corrected chi connectivity index (χ0v) is 13.0. The van der Waals surface area contributed by atoms with Crippen LogP contribution in [0.1, 0.15) is 30.3 Å². The predicted molar refractivity (Wildman–Crippen MR) is 83.5 cm³/mol. The van der Waals surface area contributed by atoms with Crippen molar-refractivity contribution >= 4 is 18.4 Å². The van der Waals surface area contributed by atoms with E-state index in [1.54, 1.807) is 0 Å². The summed E-state index contributed by atoms with van der Waals surface area (Å²) in [6, 6.07) is 0. The van der Waals surface area contributed by atoms with E-state index in [2.05, 4.69) is 16.7 Å². The van der Waals surface area contributed by atoms with Gasteiger partial charge in [-0.3, -0.25) is 0 Å². The van der Waals surface area contributed by atoms with Crippen molar-refractivity contribution in [1.29, 1.82) is 0 Å². The molecule has 0 amide bonds. The minimum Gasteiger partial charge on any atom is -0.338 e. The lowest BCUT2D eigenvalue weighted by molar-refractivity contribution is 0.269. The van der Waals surface area contributed by atoms with E-state index >= 15 is 0 Å². The van der Waals surface area contributed by atoms with Gasteiger partial charge in [0.2, 0.25) is 5.95 Å². The Hall–Kier alpha value is -0.910. The molecular weight excluding hydrogens is 274 g/mol. The molecule has 1 aromatic rings. The molecule has 2 heterocycles. The zero-order valence-electron chi connectivity index (χ0n) is 12.1. The SMILES string of the molecule is CCN1CCN(c2nc(CN)c3c(n2)CCC3)CC1.Cl. The maximum Gasteiger partial charge on any atom is 0.225 e. The number of rotatable bonds is 3. The molecule has 0 atom stereocenters. The van der Waals surface area contributed by atoms with E-state index in [1.807, 2.05) is 0 Å². The third kappa shape index (κ3) is 2.90. The van der Waals surface area contributed by atoms with Gasteiger partial charge in [0.15, 0.2) is 0 Å². The molecule has 112 valence electrons. The Morgan fingerprint density at radius 1 is 1.10 bits per heavy atom. The fourth-order valence-electron chi connectivity index (χ4n) is 3.07. The molecule has 0 saturated carbocycles. The van der Waals surface area contributed by atoms with Crippen LogP contribution in [0.25, 0.3) is 0 Å². The number of fused-ring (bicyclic) bond motifs is 1. The molecule has 6 heteroatoms. The highest BCUT2D eigenvalue weighted by molar-refractivity contribution is 5.85. The Kier molecular flexibility index (Phi) is 5.18. The molecule has 1 saturated heterocycles. The van der Waals surface area contributed by atoms with Crippen molar-refractivity contribution in [2.75, 3.05) is 37.6 Å². The minimum atomic E-state index is 0. The molecular formula is C14H24ClN5. The molecule has 5 nitrogen and oxygen atoms in total. The summed E-state index contributed by atoms with van der Waals surface area (Å²) in [4.78, 5) is 14.3. The van der Waals surface area contributed by atoms with Crippen LogP contribution >= 0.6 is 12.4 Å². The van der Waals surface area contributed by atoms with Crippen molar-refractivity contribution in [1.82, 2.24) is 14.9 Å². The Bertz CT molecular complexity index is 457. The van der Waals surface area contributed by atoms with Gasteiger partial charge in [-0.2, -0.15) is 0 Å². The number of nitrogens with two attached hydrogens (primary N) is 1. The Labute approximate surface area is 127 Å². The number of aryl methyl sites for hydroxylation is 1. The molecule has 20 heavy (non-hydrogen) atoms. The third-order valence-electron chi connectivity index (χ3n) is 4.30. The summed E-state index contributed by atoms with van der Waals surface area (Å²) in [6.07, 6.45) is 3.39. The number of nitrogens with zero attached hydrogens (tertiary/aromatic N) is 4. The first-order valence-electron chi connectivity index (χ1n) is 7.38. The van der Waals surface area contributed by atoms with E-state index in [0.717, 1.165) is 57.2 Å². The summed E-state index contributed by atoms with van der Waals surface area (Å²) in [5.41, 5.74) is 9.47. The van der Waals surface area contributed by atoms with Crippen LogP contribution in [0, 0.1) is 0 Å². The van der Waals surface area contributed by atoms with Gasteiger partial charge in [-0.25, -0.2) is 9.97 Å². The fourth-order valence-corrected chi connectivity index (χ4v) is 3.07. The van der Waals surface area contributed by atoms with Crippen LogP contribution in [0.5, 0.6) is 0 Å². The topological polar surface area (TPSA) is 58.3 Å². The number of likely N-dealkylation sites (N-methyl/N-ethyl adjacent to an activating group) is 1. The van der Waals surface area contributed by atoms with Gasteiger partial charge in [0, 0.05) is 38.4 Å². The summed E-state index contributed by atoms with van der Waals surface area (Å²) in [5, 5.41) is 0. The Morgan fingerprint density at radius 3 is 2.50 bits per heavy atom. The number of halogens is 1. The second kappa shape index (κ2) is 6.70. The summed E-state index contributed by atoms with van der Waals surface area (Å²) >= 11 is 0. The number of anilines is 1. The van der Waals surface area contributed by atoms with E-state index in [4.69, 9.17) is 15.7 Å². The van der Waals surface area contributed by atoms with Gasteiger partial charge in [-0.1, -0.05) is 6.92 Å². The lowest BCUT2D eigenvalue weighted by Gasteiger charge is -2.34. The van der Waals surface area contributed by atoms with E-state index in [0.29, 0.717) is 6.54 Å². The minimum absolute atomic E-state index is 0.